The summed E-state index contributed by atoms with van der Waals surface area (Å²) < 4.78 is 0. The molecule has 0 aliphatic carbocycles. The Hall–Kier alpha value is -2.27. The number of nitro groups is 1. The molecular formula is C15H16ClN3O2. The second kappa shape index (κ2) is 6.45. The molecule has 2 N–H and O–H groups in total. The average Bonchev–Trinajstić information content (AvgIpc) is 2.47. The molecule has 6 heteroatoms. The predicted octanol–water partition coefficient (Wildman–Crippen LogP) is 4.46. The van der Waals surface area contributed by atoms with Crippen LogP contribution in [0.4, 0.5) is 17.1 Å². The smallest absolute Gasteiger partial charge is 0.273 e. The molecule has 2 rings (SSSR count). The summed E-state index contributed by atoms with van der Waals surface area (Å²) in [7, 11) is 1.72. The maximum absolute atomic E-state index is 11.0. The number of halogens is 1. The van der Waals surface area contributed by atoms with Gasteiger partial charge in [0.1, 0.15) is 0 Å². The summed E-state index contributed by atoms with van der Waals surface area (Å²) in [6, 6.07) is 12.3. The molecule has 1 atom stereocenters. The highest BCUT2D eigenvalue weighted by Gasteiger charge is 2.13. The van der Waals surface area contributed by atoms with Crippen molar-refractivity contribution in [1.82, 2.24) is 0 Å². The largest absolute Gasteiger partial charge is 0.388 e. The SMILES string of the molecule is CNc1cc(NC(C)c2ccccc2Cl)cc([N+](=O)[O-])c1. The van der Waals surface area contributed by atoms with Crippen molar-refractivity contribution < 1.29 is 4.92 Å². The maximum Gasteiger partial charge on any atom is 0.273 e. The van der Waals surface area contributed by atoms with Gasteiger partial charge in [0.15, 0.2) is 0 Å². The van der Waals surface area contributed by atoms with Crippen LogP contribution in [0.3, 0.4) is 0 Å². The lowest BCUT2D eigenvalue weighted by Crippen LogP contribution is -2.08. The molecule has 21 heavy (non-hydrogen) atoms. The van der Waals surface area contributed by atoms with Crippen molar-refractivity contribution in [2.75, 3.05) is 17.7 Å². The molecule has 5 nitrogen and oxygen atoms in total. The van der Waals surface area contributed by atoms with Crippen LogP contribution in [0.5, 0.6) is 0 Å². The fourth-order valence-electron chi connectivity index (χ4n) is 2.10. The first kappa shape index (κ1) is 15.1. The molecule has 0 amide bonds. The lowest BCUT2D eigenvalue weighted by atomic mass is 10.1. The van der Waals surface area contributed by atoms with Gasteiger partial charge in [-0.15, -0.1) is 0 Å². The van der Waals surface area contributed by atoms with E-state index in [0.717, 1.165) is 5.56 Å². The minimum Gasteiger partial charge on any atom is -0.388 e. The molecule has 0 aromatic heterocycles. The molecule has 0 radical (unpaired) electrons. The number of nitro benzene ring substituents is 1. The predicted molar refractivity (Wildman–Crippen MR) is 86.1 cm³/mol. The van der Waals surface area contributed by atoms with Gasteiger partial charge in [-0.2, -0.15) is 0 Å². The molecule has 0 saturated carbocycles. The van der Waals surface area contributed by atoms with Gasteiger partial charge >= 0.3 is 0 Å². The van der Waals surface area contributed by atoms with Gasteiger partial charge in [0, 0.05) is 41.6 Å². The highest BCUT2D eigenvalue weighted by Crippen LogP contribution is 2.29. The van der Waals surface area contributed by atoms with E-state index >= 15 is 0 Å². The van der Waals surface area contributed by atoms with Gasteiger partial charge < -0.3 is 10.6 Å². The number of rotatable bonds is 5. The van der Waals surface area contributed by atoms with E-state index in [2.05, 4.69) is 10.6 Å². The molecule has 0 spiro atoms. The molecule has 110 valence electrons. The Balaban J connectivity index is 2.28. The highest BCUT2D eigenvalue weighted by atomic mass is 35.5. The first-order chi connectivity index (χ1) is 10.0. The average molecular weight is 306 g/mol. The van der Waals surface area contributed by atoms with E-state index in [1.165, 1.54) is 12.1 Å². The zero-order valence-corrected chi connectivity index (χ0v) is 12.5. The molecular weight excluding hydrogens is 290 g/mol. The van der Waals surface area contributed by atoms with Gasteiger partial charge in [0.25, 0.3) is 5.69 Å². The molecule has 0 aliphatic rings. The van der Waals surface area contributed by atoms with E-state index in [1.54, 1.807) is 7.05 Å². The van der Waals surface area contributed by atoms with Gasteiger partial charge in [0.05, 0.1) is 4.92 Å². The van der Waals surface area contributed by atoms with Crippen molar-refractivity contribution in [3.63, 3.8) is 0 Å². The Kier molecular flexibility index (Phi) is 4.65. The zero-order chi connectivity index (χ0) is 15.4. The maximum atomic E-state index is 11.0. The lowest BCUT2D eigenvalue weighted by molar-refractivity contribution is -0.384. The molecule has 2 aromatic carbocycles. The van der Waals surface area contributed by atoms with Gasteiger partial charge in [-0.25, -0.2) is 0 Å². The van der Waals surface area contributed by atoms with E-state index in [-0.39, 0.29) is 11.7 Å². The van der Waals surface area contributed by atoms with Crippen LogP contribution < -0.4 is 10.6 Å². The molecule has 0 bridgehead atoms. The highest BCUT2D eigenvalue weighted by molar-refractivity contribution is 6.31. The Labute approximate surface area is 128 Å². The Morgan fingerprint density at radius 3 is 2.48 bits per heavy atom. The van der Waals surface area contributed by atoms with Gasteiger partial charge in [-0.1, -0.05) is 29.8 Å². The van der Waals surface area contributed by atoms with E-state index in [1.807, 2.05) is 37.3 Å². The van der Waals surface area contributed by atoms with Crippen LogP contribution >= 0.6 is 11.6 Å². The number of anilines is 2. The number of hydrogen-bond acceptors (Lipinski definition) is 4. The van der Waals surface area contributed by atoms with Crippen molar-refractivity contribution in [1.29, 1.82) is 0 Å². The van der Waals surface area contributed by atoms with Gasteiger partial charge in [0.2, 0.25) is 0 Å². The molecule has 0 saturated heterocycles. The molecule has 0 heterocycles. The molecule has 2 aromatic rings. The van der Waals surface area contributed by atoms with E-state index in [4.69, 9.17) is 11.6 Å². The van der Waals surface area contributed by atoms with Crippen LogP contribution in [0.2, 0.25) is 5.02 Å². The monoisotopic (exact) mass is 305 g/mol. The number of hydrogen-bond donors (Lipinski definition) is 2. The lowest BCUT2D eigenvalue weighted by Gasteiger charge is -2.17. The third-order valence-corrected chi connectivity index (χ3v) is 3.52. The van der Waals surface area contributed by atoms with Crippen molar-refractivity contribution in [2.45, 2.75) is 13.0 Å². The van der Waals surface area contributed by atoms with Gasteiger partial charge in [-0.05, 0) is 24.6 Å². The van der Waals surface area contributed by atoms with Crippen LogP contribution in [-0.4, -0.2) is 12.0 Å². The minimum atomic E-state index is -0.411. The van der Waals surface area contributed by atoms with Crippen LogP contribution in [0.25, 0.3) is 0 Å². The fraction of sp³-hybridized carbons (Fsp3) is 0.200. The van der Waals surface area contributed by atoms with Crippen LogP contribution in [0.15, 0.2) is 42.5 Å². The summed E-state index contributed by atoms with van der Waals surface area (Å²) in [5.41, 5.74) is 2.33. The summed E-state index contributed by atoms with van der Waals surface area (Å²) in [5, 5.41) is 17.8. The number of benzene rings is 2. The van der Waals surface area contributed by atoms with Crippen LogP contribution in [0, 0.1) is 10.1 Å². The summed E-state index contributed by atoms with van der Waals surface area (Å²) >= 11 is 6.17. The van der Waals surface area contributed by atoms with Crippen LogP contribution in [-0.2, 0) is 0 Å². The summed E-state index contributed by atoms with van der Waals surface area (Å²) in [6.45, 7) is 1.96. The standard InChI is InChI=1S/C15H16ClN3O2/c1-10(14-5-3-4-6-15(14)16)18-12-7-11(17-2)8-13(9-12)19(20)21/h3-10,17-18H,1-2H3. The molecule has 0 fully saturated rings. The summed E-state index contributed by atoms with van der Waals surface area (Å²) in [6.07, 6.45) is 0. The quantitative estimate of drug-likeness (QED) is 0.632. The van der Waals surface area contributed by atoms with Crippen molar-refractivity contribution in [3.05, 3.63) is 63.2 Å². The Morgan fingerprint density at radius 1 is 1.19 bits per heavy atom. The number of nitrogens with zero attached hydrogens (tertiary/aromatic N) is 1. The summed E-state index contributed by atoms with van der Waals surface area (Å²) in [4.78, 5) is 10.5. The van der Waals surface area contributed by atoms with E-state index < -0.39 is 4.92 Å². The zero-order valence-electron chi connectivity index (χ0n) is 11.8. The Bertz CT molecular complexity index is 661. The van der Waals surface area contributed by atoms with Crippen molar-refractivity contribution in [2.24, 2.45) is 0 Å². The third-order valence-electron chi connectivity index (χ3n) is 3.17. The first-order valence-corrected chi connectivity index (χ1v) is 6.87. The second-order valence-electron chi connectivity index (χ2n) is 4.66. The third kappa shape index (κ3) is 3.64. The van der Waals surface area contributed by atoms with Crippen molar-refractivity contribution in [3.8, 4) is 0 Å². The van der Waals surface area contributed by atoms with E-state index in [0.29, 0.717) is 16.4 Å². The van der Waals surface area contributed by atoms with E-state index in [9.17, 15) is 10.1 Å². The topological polar surface area (TPSA) is 67.2 Å². The minimum absolute atomic E-state index is 0.0377. The van der Waals surface area contributed by atoms with Crippen LogP contribution in [0.1, 0.15) is 18.5 Å². The molecule has 0 aliphatic heterocycles. The van der Waals surface area contributed by atoms with Crippen molar-refractivity contribution >= 4 is 28.7 Å². The number of non-ortho nitro benzene ring substituents is 1. The fourth-order valence-corrected chi connectivity index (χ4v) is 2.40. The van der Waals surface area contributed by atoms with Gasteiger partial charge in [-0.3, -0.25) is 10.1 Å². The first-order valence-electron chi connectivity index (χ1n) is 6.49. The molecule has 1 unspecified atom stereocenters. The Morgan fingerprint density at radius 2 is 1.86 bits per heavy atom. The summed E-state index contributed by atoms with van der Waals surface area (Å²) in [5.74, 6) is 0. The second-order valence-corrected chi connectivity index (χ2v) is 5.07. The normalized spacial score (nSPS) is 11.8. The number of nitrogens with one attached hydrogen (secondary N) is 2.